The van der Waals surface area contributed by atoms with Gasteiger partial charge in [-0.25, -0.2) is 9.37 Å². The molecule has 2 atom stereocenters. The van der Waals surface area contributed by atoms with E-state index in [9.17, 15) is 4.39 Å². The van der Waals surface area contributed by atoms with Gasteiger partial charge in [0.05, 0.1) is 11.4 Å². The molecule has 4 heterocycles. The Hall–Kier alpha value is -3.38. The van der Waals surface area contributed by atoms with Crippen LogP contribution in [0.25, 0.3) is 28.3 Å². The number of rotatable bonds is 5. The van der Waals surface area contributed by atoms with E-state index in [-0.39, 0.29) is 5.82 Å². The Kier molecular flexibility index (Phi) is 4.84. The molecule has 0 bridgehead atoms. The fourth-order valence-electron chi connectivity index (χ4n) is 5.75. The molecule has 1 saturated heterocycles. The Morgan fingerprint density at radius 1 is 1.03 bits per heavy atom. The lowest BCUT2D eigenvalue weighted by Crippen LogP contribution is -2.29. The number of anilines is 1. The molecular weight excluding hydrogens is 437 g/mol. The molecule has 1 N–H and O–H groups in total. The van der Waals surface area contributed by atoms with Gasteiger partial charge in [0.15, 0.2) is 5.82 Å². The van der Waals surface area contributed by atoms with E-state index in [1.807, 2.05) is 24.5 Å². The predicted molar refractivity (Wildman–Crippen MR) is 137 cm³/mol. The minimum atomic E-state index is -0.215. The Morgan fingerprint density at radius 2 is 1.89 bits per heavy atom. The molecule has 0 radical (unpaired) electrons. The minimum absolute atomic E-state index is 0.215. The summed E-state index contributed by atoms with van der Waals surface area (Å²) < 4.78 is 17.9. The number of aromatic nitrogens is 3. The fourth-order valence-corrected chi connectivity index (χ4v) is 5.75. The van der Waals surface area contributed by atoms with Gasteiger partial charge in [-0.2, -0.15) is 0 Å². The monoisotopic (exact) mass is 467 g/mol. The largest absolute Gasteiger partial charge is 0.371 e. The van der Waals surface area contributed by atoms with E-state index < -0.39 is 0 Å². The van der Waals surface area contributed by atoms with Crippen molar-refractivity contribution in [3.63, 3.8) is 0 Å². The molecule has 7 rings (SSSR count). The molecule has 0 unspecified atom stereocenters. The van der Waals surface area contributed by atoms with Gasteiger partial charge >= 0.3 is 0 Å². The van der Waals surface area contributed by atoms with Crippen molar-refractivity contribution in [2.45, 2.75) is 32.4 Å². The van der Waals surface area contributed by atoms with Crippen LogP contribution < -0.4 is 10.2 Å². The number of nitrogens with one attached hydrogen (secondary N) is 1. The topological polar surface area (TPSA) is 38.0 Å². The summed E-state index contributed by atoms with van der Waals surface area (Å²) in [6.45, 7) is 6.52. The van der Waals surface area contributed by atoms with Gasteiger partial charge < -0.3 is 14.8 Å². The zero-order chi connectivity index (χ0) is 23.5. The van der Waals surface area contributed by atoms with E-state index in [2.05, 4.69) is 56.7 Å². The maximum Gasteiger partial charge on any atom is 0.161 e. The molecule has 178 valence electrons. The van der Waals surface area contributed by atoms with Gasteiger partial charge in [0.1, 0.15) is 5.82 Å². The number of hydrogen-bond donors (Lipinski definition) is 1. The number of imidazole rings is 1. The molecule has 1 aliphatic carbocycles. The van der Waals surface area contributed by atoms with Crippen molar-refractivity contribution in [1.82, 2.24) is 19.4 Å². The molecule has 2 aliphatic heterocycles. The van der Waals surface area contributed by atoms with Crippen LogP contribution in [0.15, 0.2) is 67.1 Å². The number of fused-ring (bicyclic) bond motifs is 5. The van der Waals surface area contributed by atoms with E-state index in [0.29, 0.717) is 11.8 Å². The van der Waals surface area contributed by atoms with E-state index >= 15 is 0 Å². The van der Waals surface area contributed by atoms with Crippen LogP contribution in [-0.4, -0.2) is 39.8 Å². The fraction of sp³-hybridized carbons (Fsp3) is 0.345. The second-order valence-corrected chi connectivity index (χ2v) is 10.5. The highest BCUT2D eigenvalue weighted by Crippen LogP contribution is 2.36. The first-order valence-corrected chi connectivity index (χ1v) is 12.7. The molecule has 5 nitrogen and oxygen atoms in total. The first kappa shape index (κ1) is 20.9. The van der Waals surface area contributed by atoms with Gasteiger partial charge in [-0.15, -0.1) is 0 Å². The van der Waals surface area contributed by atoms with Crippen molar-refractivity contribution in [3.05, 3.63) is 78.5 Å². The average Bonchev–Trinajstić information content (AvgIpc) is 3.26. The van der Waals surface area contributed by atoms with Crippen molar-refractivity contribution < 1.29 is 4.39 Å². The van der Waals surface area contributed by atoms with Gasteiger partial charge in [0.2, 0.25) is 0 Å². The molecule has 0 spiro atoms. The van der Waals surface area contributed by atoms with Crippen LogP contribution in [0.4, 0.5) is 10.1 Å². The summed E-state index contributed by atoms with van der Waals surface area (Å²) in [4.78, 5) is 7.26. The van der Waals surface area contributed by atoms with Crippen molar-refractivity contribution in [2.24, 2.45) is 11.8 Å². The summed E-state index contributed by atoms with van der Waals surface area (Å²) in [5, 5.41) is 3.74. The van der Waals surface area contributed by atoms with Crippen molar-refractivity contribution in [3.8, 4) is 28.3 Å². The van der Waals surface area contributed by atoms with Crippen LogP contribution >= 0.6 is 0 Å². The van der Waals surface area contributed by atoms with Crippen LogP contribution in [0.5, 0.6) is 0 Å². The van der Waals surface area contributed by atoms with Crippen molar-refractivity contribution >= 4 is 5.69 Å². The Balaban J connectivity index is 1.22. The number of hydrogen-bond acceptors (Lipinski definition) is 3. The van der Waals surface area contributed by atoms with Crippen LogP contribution in [0.2, 0.25) is 0 Å². The first-order valence-electron chi connectivity index (χ1n) is 12.7. The second kappa shape index (κ2) is 8.09. The second-order valence-electron chi connectivity index (χ2n) is 10.5. The Labute approximate surface area is 205 Å². The zero-order valence-corrected chi connectivity index (χ0v) is 20.0. The molecule has 2 aromatic heterocycles. The summed E-state index contributed by atoms with van der Waals surface area (Å²) in [6.07, 6.45) is 8.77. The summed E-state index contributed by atoms with van der Waals surface area (Å²) >= 11 is 0. The Morgan fingerprint density at radius 3 is 2.71 bits per heavy atom. The third-order valence-electron chi connectivity index (χ3n) is 7.99. The van der Waals surface area contributed by atoms with E-state index in [0.717, 1.165) is 54.9 Å². The lowest BCUT2D eigenvalue weighted by atomic mass is 9.98. The number of nitrogens with zero attached hydrogens (tertiary/aromatic N) is 4. The smallest absolute Gasteiger partial charge is 0.161 e. The van der Waals surface area contributed by atoms with E-state index in [4.69, 9.17) is 4.98 Å². The van der Waals surface area contributed by atoms with Gasteiger partial charge in [0, 0.05) is 62.1 Å². The highest BCUT2D eigenvalue weighted by molar-refractivity contribution is 5.72. The quantitative estimate of drug-likeness (QED) is 0.380. The summed E-state index contributed by atoms with van der Waals surface area (Å²) in [6, 6.07) is 16.5. The zero-order valence-electron chi connectivity index (χ0n) is 20.0. The number of halogens is 1. The minimum Gasteiger partial charge on any atom is -0.371 e. The predicted octanol–water partition coefficient (Wildman–Crippen LogP) is 5.33. The lowest BCUT2D eigenvalue weighted by Gasteiger charge is -2.21. The van der Waals surface area contributed by atoms with Crippen molar-refractivity contribution in [2.75, 3.05) is 24.5 Å². The Bertz CT molecular complexity index is 1380. The maximum atomic E-state index is 13.5. The van der Waals surface area contributed by atoms with E-state index in [1.54, 1.807) is 0 Å². The third-order valence-corrected chi connectivity index (χ3v) is 7.99. The van der Waals surface area contributed by atoms with Crippen molar-refractivity contribution in [1.29, 1.82) is 0 Å². The maximum absolute atomic E-state index is 13.5. The highest BCUT2D eigenvalue weighted by atomic mass is 19.1. The third kappa shape index (κ3) is 3.76. The summed E-state index contributed by atoms with van der Waals surface area (Å²) in [5.74, 6) is 2.11. The molecule has 2 aromatic carbocycles. The standard InChI is InChI=1S/C29H30FN5/c1-19-15-33(18-23(19)14-32-25-6-7-25)26-8-9-27-22(12-26)17-34-16-21(20-2-4-24(30)5-3-20)13-28(34)29-31-10-11-35(27)29/h2-5,8-13,16,19,23,25,32H,6-7,14-15,17-18H2,1H3/t19-,23-/m0/s1. The van der Waals surface area contributed by atoms with E-state index in [1.165, 1.54) is 41.9 Å². The summed E-state index contributed by atoms with van der Waals surface area (Å²) in [5.41, 5.74) is 6.94. The molecule has 6 heteroatoms. The van der Waals surface area contributed by atoms with Gasteiger partial charge in [-0.1, -0.05) is 19.1 Å². The van der Waals surface area contributed by atoms with Crippen LogP contribution in [-0.2, 0) is 6.54 Å². The first-order chi connectivity index (χ1) is 17.1. The molecular formula is C29H30FN5. The molecule has 2 fully saturated rings. The van der Waals surface area contributed by atoms with Gasteiger partial charge in [-0.05, 0) is 72.2 Å². The average molecular weight is 468 g/mol. The molecule has 3 aliphatic rings. The lowest BCUT2D eigenvalue weighted by molar-refractivity contribution is 0.419. The SMILES string of the molecule is C[C@H]1CN(c2ccc3c(c2)Cn2cc(-c4ccc(F)cc4)cc2-c2nccn2-3)C[C@@H]1CNC1CC1. The number of benzene rings is 2. The van der Waals surface area contributed by atoms with Gasteiger partial charge in [-0.3, -0.25) is 4.57 Å². The molecule has 1 saturated carbocycles. The molecule has 35 heavy (non-hydrogen) atoms. The molecule has 0 amide bonds. The highest BCUT2D eigenvalue weighted by Gasteiger charge is 2.32. The van der Waals surface area contributed by atoms with Crippen LogP contribution in [0.3, 0.4) is 0 Å². The van der Waals surface area contributed by atoms with Crippen LogP contribution in [0.1, 0.15) is 25.3 Å². The van der Waals surface area contributed by atoms with Gasteiger partial charge in [0.25, 0.3) is 0 Å². The molecule has 4 aromatic rings. The summed E-state index contributed by atoms with van der Waals surface area (Å²) in [7, 11) is 0. The van der Waals surface area contributed by atoms with Crippen LogP contribution in [0, 0.1) is 17.7 Å². The normalized spacial score (nSPS) is 20.9.